The van der Waals surface area contributed by atoms with Crippen LogP contribution in [-0.2, 0) is 0 Å². The Hall–Kier alpha value is -0.120. The molecule has 3 nitrogen and oxygen atoms in total. The second-order valence-electron chi connectivity index (χ2n) is 5.85. The topological polar surface area (TPSA) is 35.5 Å². The third-order valence-electron chi connectivity index (χ3n) is 4.98. The molecule has 2 N–H and O–H groups in total. The highest BCUT2D eigenvalue weighted by Gasteiger charge is 2.46. The number of aliphatic hydroxyl groups excluding tert-OH is 1. The van der Waals surface area contributed by atoms with Gasteiger partial charge in [0.15, 0.2) is 0 Å². The quantitative estimate of drug-likeness (QED) is 0.734. The molecule has 16 heavy (non-hydrogen) atoms. The lowest BCUT2D eigenvalue weighted by atomic mass is 9.92. The molecule has 0 amide bonds. The van der Waals surface area contributed by atoms with Crippen molar-refractivity contribution in [2.24, 2.45) is 5.92 Å². The summed E-state index contributed by atoms with van der Waals surface area (Å²) in [7, 11) is 0. The summed E-state index contributed by atoms with van der Waals surface area (Å²) in [6.45, 7) is 4.67. The number of hydrogen-bond acceptors (Lipinski definition) is 3. The lowest BCUT2D eigenvalue weighted by molar-refractivity contribution is 0.00406. The molecule has 0 aromatic heterocycles. The molecule has 3 fully saturated rings. The van der Waals surface area contributed by atoms with Gasteiger partial charge in [-0.2, -0.15) is 0 Å². The number of nitrogens with zero attached hydrogens (tertiary/aromatic N) is 1. The molecule has 0 aromatic carbocycles. The van der Waals surface area contributed by atoms with Crippen LogP contribution in [0.4, 0.5) is 0 Å². The number of nitrogens with one attached hydrogen (secondary N) is 1. The van der Waals surface area contributed by atoms with Crippen LogP contribution in [-0.4, -0.2) is 47.3 Å². The first-order valence-electron chi connectivity index (χ1n) is 6.95. The molecule has 0 aromatic rings. The summed E-state index contributed by atoms with van der Waals surface area (Å²) in [5.74, 6) is 0.832. The lowest BCUT2D eigenvalue weighted by Crippen LogP contribution is -2.52. The zero-order valence-corrected chi connectivity index (χ0v) is 10.2. The molecule has 3 heteroatoms. The van der Waals surface area contributed by atoms with Crippen molar-refractivity contribution in [3.05, 3.63) is 0 Å². The maximum Gasteiger partial charge on any atom is 0.0570 e. The Kier molecular flexibility index (Phi) is 2.94. The minimum absolute atomic E-state index is 0.0248. The second kappa shape index (κ2) is 4.28. The second-order valence-corrected chi connectivity index (χ2v) is 5.85. The maximum absolute atomic E-state index is 9.83. The highest BCUT2D eigenvalue weighted by atomic mass is 16.3. The predicted molar refractivity (Wildman–Crippen MR) is 64.3 cm³/mol. The van der Waals surface area contributed by atoms with Crippen LogP contribution in [0.3, 0.4) is 0 Å². The Morgan fingerprint density at radius 3 is 2.50 bits per heavy atom. The van der Waals surface area contributed by atoms with Crippen molar-refractivity contribution in [2.75, 3.05) is 13.1 Å². The predicted octanol–water partition coefficient (Wildman–Crippen LogP) is 0.972. The van der Waals surface area contributed by atoms with E-state index in [4.69, 9.17) is 0 Å². The summed E-state index contributed by atoms with van der Waals surface area (Å²) in [5.41, 5.74) is 0. The molecule has 92 valence electrons. The van der Waals surface area contributed by atoms with E-state index >= 15 is 0 Å². The molecule has 3 rings (SSSR count). The van der Waals surface area contributed by atoms with E-state index in [-0.39, 0.29) is 6.10 Å². The molecule has 0 saturated carbocycles. The van der Waals surface area contributed by atoms with E-state index in [0.29, 0.717) is 12.1 Å². The van der Waals surface area contributed by atoms with E-state index < -0.39 is 0 Å². The Balaban J connectivity index is 1.75. The number of piperidine rings is 1. The van der Waals surface area contributed by atoms with E-state index in [0.717, 1.165) is 24.8 Å². The van der Waals surface area contributed by atoms with Crippen molar-refractivity contribution in [1.29, 1.82) is 0 Å². The van der Waals surface area contributed by atoms with Gasteiger partial charge in [-0.3, -0.25) is 4.90 Å². The first-order valence-corrected chi connectivity index (χ1v) is 6.95. The van der Waals surface area contributed by atoms with Gasteiger partial charge in [0, 0.05) is 24.7 Å². The molecule has 0 radical (unpaired) electrons. The van der Waals surface area contributed by atoms with Gasteiger partial charge < -0.3 is 10.4 Å². The third-order valence-corrected chi connectivity index (χ3v) is 4.98. The van der Waals surface area contributed by atoms with Crippen molar-refractivity contribution in [3.8, 4) is 0 Å². The van der Waals surface area contributed by atoms with Crippen LogP contribution in [0.25, 0.3) is 0 Å². The summed E-state index contributed by atoms with van der Waals surface area (Å²) in [6, 6.07) is 2.09. The number of fused-ring (bicyclic) bond motifs is 2. The summed E-state index contributed by atoms with van der Waals surface area (Å²) >= 11 is 0. The number of hydrogen-bond donors (Lipinski definition) is 2. The van der Waals surface area contributed by atoms with Gasteiger partial charge in [0.05, 0.1) is 6.10 Å². The molecule has 0 aliphatic carbocycles. The van der Waals surface area contributed by atoms with Crippen LogP contribution in [0.2, 0.25) is 0 Å². The average Bonchev–Trinajstić information content (AvgIpc) is 2.81. The molecule has 3 heterocycles. The molecule has 4 unspecified atom stereocenters. The normalized spacial score (nSPS) is 48.8. The maximum atomic E-state index is 9.83. The summed E-state index contributed by atoms with van der Waals surface area (Å²) in [6.07, 6.45) is 5.93. The summed E-state index contributed by atoms with van der Waals surface area (Å²) in [5, 5.41) is 13.4. The molecule has 0 spiro atoms. The van der Waals surface area contributed by atoms with Gasteiger partial charge in [-0.05, 0) is 38.1 Å². The van der Waals surface area contributed by atoms with Crippen LogP contribution in [0.15, 0.2) is 0 Å². The Morgan fingerprint density at radius 1 is 1.19 bits per heavy atom. The fourth-order valence-corrected chi connectivity index (χ4v) is 4.21. The van der Waals surface area contributed by atoms with Crippen LogP contribution in [0, 0.1) is 5.92 Å². The van der Waals surface area contributed by atoms with E-state index in [1.807, 2.05) is 0 Å². The summed E-state index contributed by atoms with van der Waals surface area (Å²) in [4.78, 5) is 2.76. The largest absolute Gasteiger partial charge is 0.393 e. The average molecular weight is 224 g/mol. The standard InChI is InChI=1S/C13H24N2O/c1-2-9-7-14-8-13(9)15-10-3-4-11(15)6-12(16)5-10/h9-14,16H,2-8H2,1H3. The smallest absolute Gasteiger partial charge is 0.0570 e. The molecular formula is C13H24N2O. The Labute approximate surface area is 98.2 Å². The van der Waals surface area contributed by atoms with Gasteiger partial charge in [0.1, 0.15) is 0 Å². The van der Waals surface area contributed by atoms with Crippen LogP contribution < -0.4 is 5.32 Å². The fraction of sp³-hybridized carbons (Fsp3) is 1.00. The van der Waals surface area contributed by atoms with E-state index in [2.05, 4.69) is 17.1 Å². The monoisotopic (exact) mass is 224 g/mol. The first kappa shape index (κ1) is 11.0. The Bertz CT molecular complexity index is 244. The molecule has 3 aliphatic rings. The minimum Gasteiger partial charge on any atom is -0.393 e. The van der Waals surface area contributed by atoms with Crippen molar-refractivity contribution in [2.45, 2.75) is 63.3 Å². The molecule has 3 aliphatic heterocycles. The van der Waals surface area contributed by atoms with Crippen LogP contribution in [0.1, 0.15) is 39.0 Å². The van der Waals surface area contributed by atoms with Crippen molar-refractivity contribution in [3.63, 3.8) is 0 Å². The molecule has 3 saturated heterocycles. The van der Waals surface area contributed by atoms with Gasteiger partial charge in [-0.1, -0.05) is 13.3 Å². The van der Waals surface area contributed by atoms with Crippen LogP contribution >= 0.6 is 0 Å². The van der Waals surface area contributed by atoms with E-state index in [1.54, 1.807) is 0 Å². The van der Waals surface area contributed by atoms with E-state index in [1.165, 1.54) is 32.4 Å². The van der Waals surface area contributed by atoms with Crippen molar-refractivity contribution >= 4 is 0 Å². The van der Waals surface area contributed by atoms with Crippen molar-refractivity contribution in [1.82, 2.24) is 10.2 Å². The third kappa shape index (κ3) is 1.69. The van der Waals surface area contributed by atoms with Gasteiger partial charge in [-0.25, -0.2) is 0 Å². The molecular weight excluding hydrogens is 200 g/mol. The zero-order valence-electron chi connectivity index (χ0n) is 10.2. The highest BCUT2D eigenvalue weighted by molar-refractivity contribution is 5.01. The van der Waals surface area contributed by atoms with Gasteiger partial charge in [0.2, 0.25) is 0 Å². The van der Waals surface area contributed by atoms with Crippen molar-refractivity contribution < 1.29 is 5.11 Å². The number of rotatable bonds is 2. The highest BCUT2D eigenvalue weighted by Crippen LogP contribution is 2.39. The Morgan fingerprint density at radius 2 is 1.88 bits per heavy atom. The summed E-state index contributed by atoms with van der Waals surface area (Å²) < 4.78 is 0. The van der Waals surface area contributed by atoms with E-state index in [9.17, 15) is 5.11 Å². The van der Waals surface area contributed by atoms with Gasteiger partial charge in [-0.15, -0.1) is 0 Å². The lowest BCUT2D eigenvalue weighted by Gasteiger charge is -2.42. The molecule has 2 bridgehead atoms. The minimum atomic E-state index is -0.0248. The van der Waals surface area contributed by atoms with Gasteiger partial charge in [0.25, 0.3) is 0 Å². The van der Waals surface area contributed by atoms with Crippen LogP contribution in [0.5, 0.6) is 0 Å². The molecule has 4 atom stereocenters. The number of aliphatic hydroxyl groups is 1. The zero-order chi connectivity index (χ0) is 11.1. The first-order chi connectivity index (χ1) is 7.79. The SMILES string of the molecule is CCC1CNCC1N1C2CCC1CC(O)C2. The van der Waals surface area contributed by atoms with Gasteiger partial charge >= 0.3 is 0 Å². The fourth-order valence-electron chi connectivity index (χ4n) is 4.21.